The molecule has 164 valence electrons. The molecule has 0 saturated heterocycles. The minimum absolute atomic E-state index is 0.178. The third-order valence-electron chi connectivity index (χ3n) is 4.56. The molecule has 0 aromatic heterocycles. The minimum Gasteiger partial charge on any atom is -0.444 e. The molecule has 4 N–H and O–H groups in total. The van der Waals surface area contributed by atoms with Gasteiger partial charge in [0, 0.05) is 6.54 Å². The Morgan fingerprint density at radius 1 is 1.07 bits per heavy atom. The van der Waals surface area contributed by atoms with Gasteiger partial charge in [0.15, 0.2) is 0 Å². The van der Waals surface area contributed by atoms with Gasteiger partial charge in [-0.15, -0.1) is 0 Å². The van der Waals surface area contributed by atoms with Crippen LogP contribution in [-0.2, 0) is 16.0 Å². The van der Waals surface area contributed by atoms with Crippen LogP contribution >= 0.6 is 0 Å². The van der Waals surface area contributed by atoms with E-state index in [0.717, 1.165) is 25.7 Å². The molecular formula is C23H39N3O3. The van der Waals surface area contributed by atoms with Crippen molar-refractivity contribution in [1.29, 1.82) is 0 Å². The van der Waals surface area contributed by atoms with E-state index in [2.05, 4.69) is 48.7 Å². The van der Waals surface area contributed by atoms with Crippen LogP contribution in [0.25, 0.3) is 0 Å². The van der Waals surface area contributed by atoms with Gasteiger partial charge in [0.1, 0.15) is 11.6 Å². The van der Waals surface area contributed by atoms with Crippen molar-refractivity contribution in [2.24, 2.45) is 5.73 Å². The zero-order valence-electron chi connectivity index (χ0n) is 18.7. The van der Waals surface area contributed by atoms with E-state index in [1.807, 2.05) is 0 Å². The lowest BCUT2D eigenvalue weighted by atomic mass is 10.0. The molecule has 0 unspecified atom stereocenters. The van der Waals surface area contributed by atoms with Crippen LogP contribution in [0.2, 0.25) is 0 Å². The van der Waals surface area contributed by atoms with Crippen LogP contribution < -0.4 is 16.4 Å². The molecule has 0 bridgehead atoms. The standard InChI is InChI=1S/C23H39N3O3/c1-17(2)19-12-10-18(11-13-19)14-16-25-21(27)20(9-7-6-8-15-24)26-22(28)29-23(3,4)5/h10-13,17,20H,6-9,14-16,24H2,1-5H3,(H,25,27)(H,26,28)/t20-/m0/s1. The summed E-state index contributed by atoms with van der Waals surface area (Å²) in [6.45, 7) is 10.9. The van der Waals surface area contributed by atoms with E-state index >= 15 is 0 Å². The van der Waals surface area contributed by atoms with E-state index in [1.54, 1.807) is 20.8 Å². The molecule has 0 spiro atoms. The summed E-state index contributed by atoms with van der Waals surface area (Å²) in [5.41, 5.74) is 7.41. The molecule has 1 aromatic carbocycles. The maximum absolute atomic E-state index is 12.6. The van der Waals surface area contributed by atoms with Gasteiger partial charge in [0.05, 0.1) is 0 Å². The summed E-state index contributed by atoms with van der Waals surface area (Å²) < 4.78 is 5.30. The Hall–Kier alpha value is -2.08. The van der Waals surface area contributed by atoms with Crippen LogP contribution in [-0.4, -0.2) is 36.7 Å². The molecule has 0 aliphatic carbocycles. The second kappa shape index (κ2) is 12.5. The minimum atomic E-state index is -0.606. The van der Waals surface area contributed by atoms with Gasteiger partial charge in [-0.3, -0.25) is 4.79 Å². The average Bonchev–Trinajstić information content (AvgIpc) is 2.63. The zero-order valence-corrected chi connectivity index (χ0v) is 18.7. The lowest BCUT2D eigenvalue weighted by Gasteiger charge is -2.23. The maximum Gasteiger partial charge on any atom is 0.408 e. The van der Waals surface area contributed by atoms with E-state index in [1.165, 1.54) is 11.1 Å². The normalized spacial score (nSPS) is 12.5. The van der Waals surface area contributed by atoms with Gasteiger partial charge in [-0.2, -0.15) is 0 Å². The van der Waals surface area contributed by atoms with Gasteiger partial charge in [-0.25, -0.2) is 4.79 Å². The predicted octanol–water partition coefficient (Wildman–Crippen LogP) is 3.88. The molecule has 0 aliphatic heterocycles. The molecule has 1 atom stereocenters. The second-order valence-corrected chi connectivity index (χ2v) is 8.77. The molecule has 0 fully saturated rings. The lowest BCUT2D eigenvalue weighted by molar-refractivity contribution is -0.123. The van der Waals surface area contributed by atoms with Crippen LogP contribution in [0, 0.1) is 0 Å². The quantitative estimate of drug-likeness (QED) is 0.487. The number of carbonyl (C=O) groups excluding carboxylic acids is 2. The number of carbonyl (C=O) groups is 2. The summed E-state index contributed by atoms with van der Waals surface area (Å²) in [6, 6.07) is 7.86. The van der Waals surface area contributed by atoms with E-state index in [9.17, 15) is 9.59 Å². The highest BCUT2D eigenvalue weighted by Crippen LogP contribution is 2.15. The molecule has 0 saturated carbocycles. The first kappa shape index (κ1) is 25.0. The predicted molar refractivity (Wildman–Crippen MR) is 118 cm³/mol. The first-order valence-corrected chi connectivity index (χ1v) is 10.7. The Balaban J connectivity index is 2.56. The Morgan fingerprint density at radius 2 is 1.72 bits per heavy atom. The van der Waals surface area contributed by atoms with Gasteiger partial charge in [0.2, 0.25) is 5.91 Å². The smallest absolute Gasteiger partial charge is 0.408 e. The van der Waals surface area contributed by atoms with E-state index in [4.69, 9.17) is 10.5 Å². The third-order valence-corrected chi connectivity index (χ3v) is 4.56. The molecule has 6 heteroatoms. The number of amides is 2. The van der Waals surface area contributed by atoms with Gasteiger partial charge >= 0.3 is 6.09 Å². The molecule has 0 heterocycles. The number of rotatable bonds is 11. The summed E-state index contributed by atoms with van der Waals surface area (Å²) in [4.78, 5) is 24.7. The summed E-state index contributed by atoms with van der Waals surface area (Å²) >= 11 is 0. The summed E-state index contributed by atoms with van der Waals surface area (Å²) in [7, 11) is 0. The van der Waals surface area contributed by atoms with Crippen LogP contribution in [0.3, 0.4) is 0 Å². The molecule has 0 radical (unpaired) electrons. The fraction of sp³-hybridized carbons (Fsp3) is 0.652. The SMILES string of the molecule is CC(C)c1ccc(CCNC(=O)[C@H](CCCCCN)NC(=O)OC(C)(C)C)cc1. The fourth-order valence-electron chi connectivity index (χ4n) is 2.91. The van der Waals surface area contributed by atoms with Crippen molar-refractivity contribution in [2.75, 3.05) is 13.1 Å². The number of alkyl carbamates (subject to hydrolysis) is 1. The van der Waals surface area contributed by atoms with Crippen molar-refractivity contribution in [3.63, 3.8) is 0 Å². The summed E-state index contributed by atoms with van der Waals surface area (Å²) in [5.74, 6) is 0.324. The molecule has 6 nitrogen and oxygen atoms in total. The van der Waals surface area contributed by atoms with Crippen LogP contribution in [0.15, 0.2) is 24.3 Å². The highest BCUT2D eigenvalue weighted by atomic mass is 16.6. The Morgan fingerprint density at radius 3 is 2.28 bits per heavy atom. The number of hydrogen-bond acceptors (Lipinski definition) is 4. The average molecular weight is 406 g/mol. The Bertz CT molecular complexity index is 621. The maximum atomic E-state index is 12.6. The van der Waals surface area contributed by atoms with Crippen LogP contribution in [0.1, 0.15) is 77.3 Å². The van der Waals surface area contributed by atoms with Crippen molar-refractivity contribution in [3.8, 4) is 0 Å². The highest BCUT2D eigenvalue weighted by Gasteiger charge is 2.23. The van der Waals surface area contributed by atoms with E-state index < -0.39 is 17.7 Å². The first-order valence-electron chi connectivity index (χ1n) is 10.7. The first-order chi connectivity index (χ1) is 13.6. The van der Waals surface area contributed by atoms with E-state index in [0.29, 0.717) is 25.4 Å². The molecule has 1 rings (SSSR count). The molecule has 1 aromatic rings. The number of benzene rings is 1. The number of ether oxygens (including phenoxy) is 1. The van der Waals surface area contributed by atoms with Crippen molar-refractivity contribution in [1.82, 2.24) is 10.6 Å². The van der Waals surface area contributed by atoms with Gasteiger partial charge in [-0.05, 0) is 63.6 Å². The Labute approximate surface area is 176 Å². The topological polar surface area (TPSA) is 93.5 Å². The molecule has 29 heavy (non-hydrogen) atoms. The van der Waals surface area contributed by atoms with Gasteiger partial charge in [-0.1, -0.05) is 51.0 Å². The van der Waals surface area contributed by atoms with Crippen LogP contribution in [0.5, 0.6) is 0 Å². The monoisotopic (exact) mass is 405 g/mol. The number of unbranched alkanes of at least 4 members (excludes halogenated alkanes) is 2. The molecule has 2 amide bonds. The number of nitrogens with one attached hydrogen (secondary N) is 2. The second-order valence-electron chi connectivity index (χ2n) is 8.77. The molecular weight excluding hydrogens is 366 g/mol. The van der Waals surface area contributed by atoms with Gasteiger partial charge in [0.25, 0.3) is 0 Å². The zero-order chi connectivity index (χ0) is 21.9. The number of nitrogens with two attached hydrogens (primary N) is 1. The summed E-state index contributed by atoms with van der Waals surface area (Å²) in [6.07, 6.45) is 3.40. The lowest BCUT2D eigenvalue weighted by Crippen LogP contribution is -2.48. The number of hydrogen-bond donors (Lipinski definition) is 3. The summed E-state index contributed by atoms with van der Waals surface area (Å²) in [5, 5.41) is 5.66. The van der Waals surface area contributed by atoms with Gasteiger partial charge < -0.3 is 21.1 Å². The molecule has 0 aliphatic rings. The largest absolute Gasteiger partial charge is 0.444 e. The van der Waals surface area contributed by atoms with E-state index in [-0.39, 0.29) is 5.91 Å². The van der Waals surface area contributed by atoms with Crippen LogP contribution in [0.4, 0.5) is 4.79 Å². The van der Waals surface area contributed by atoms with Crippen molar-refractivity contribution in [3.05, 3.63) is 35.4 Å². The fourth-order valence-corrected chi connectivity index (χ4v) is 2.91. The van der Waals surface area contributed by atoms with Crippen molar-refractivity contribution in [2.45, 2.75) is 84.3 Å². The highest BCUT2D eigenvalue weighted by molar-refractivity contribution is 5.85. The third kappa shape index (κ3) is 10.9. The Kier molecular flexibility index (Phi) is 10.7. The van der Waals surface area contributed by atoms with Crippen molar-refractivity contribution >= 4 is 12.0 Å². The van der Waals surface area contributed by atoms with Crippen molar-refractivity contribution < 1.29 is 14.3 Å².